The topological polar surface area (TPSA) is 63.7 Å². The first kappa shape index (κ1) is 17.2. The zero-order valence-corrected chi connectivity index (χ0v) is 14.7. The van der Waals surface area contributed by atoms with Crippen LogP contribution in [0.5, 0.6) is 0 Å². The van der Waals surface area contributed by atoms with Crippen molar-refractivity contribution in [3.05, 3.63) is 40.3 Å². The van der Waals surface area contributed by atoms with Crippen molar-refractivity contribution in [1.29, 1.82) is 0 Å². The van der Waals surface area contributed by atoms with Gasteiger partial charge in [-0.05, 0) is 49.8 Å². The van der Waals surface area contributed by atoms with Gasteiger partial charge in [-0.1, -0.05) is 24.3 Å². The maximum atomic E-state index is 13.0. The molecule has 6 heteroatoms. The van der Waals surface area contributed by atoms with Crippen LogP contribution >= 0.6 is 0 Å². The minimum Gasteiger partial charge on any atom is -0.466 e. The first-order valence-corrected chi connectivity index (χ1v) is 9.91. The van der Waals surface area contributed by atoms with Crippen LogP contribution in [0.3, 0.4) is 0 Å². The summed E-state index contributed by atoms with van der Waals surface area (Å²) < 4.78 is 32.5. The van der Waals surface area contributed by atoms with E-state index in [0.29, 0.717) is 37.3 Å². The lowest BCUT2D eigenvalue weighted by Gasteiger charge is -2.32. The van der Waals surface area contributed by atoms with Gasteiger partial charge in [0.05, 0.1) is 17.4 Å². The third-order valence-corrected chi connectivity index (χ3v) is 6.68. The molecule has 0 unspecified atom stereocenters. The lowest BCUT2D eigenvalue weighted by molar-refractivity contribution is -0.149. The van der Waals surface area contributed by atoms with E-state index in [1.54, 1.807) is 13.0 Å². The van der Waals surface area contributed by atoms with Crippen molar-refractivity contribution in [2.75, 3.05) is 19.7 Å². The number of allylic oxidation sites excluding steroid dienone is 1. The smallest absolute Gasteiger partial charge is 0.310 e. The second-order valence-corrected chi connectivity index (χ2v) is 8.25. The van der Waals surface area contributed by atoms with Crippen molar-refractivity contribution in [1.82, 2.24) is 4.31 Å². The number of hydrogen-bond donors (Lipinski definition) is 0. The number of fused-ring (bicyclic) bond motifs is 1. The second-order valence-electron chi connectivity index (χ2n) is 6.26. The van der Waals surface area contributed by atoms with Crippen molar-refractivity contribution < 1.29 is 17.9 Å². The molecule has 1 saturated heterocycles. The summed E-state index contributed by atoms with van der Waals surface area (Å²) in [4.78, 5) is 12.4. The average Bonchev–Trinajstić information content (AvgIpc) is 2.61. The zero-order chi connectivity index (χ0) is 17.2. The molecule has 2 aliphatic rings. The predicted octanol–water partition coefficient (Wildman–Crippen LogP) is 2.58. The highest BCUT2D eigenvalue weighted by Crippen LogP contribution is 2.31. The van der Waals surface area contributed by atoms with E-state index in [1.807, 2.05) is 24.3 Å². The van der Waals surface area contributed by atoms with Crippen LogP contribution in [0.1, 0.15) is 37.3 Å². The van der Waals surface area contributed by atoms with Crippen LogP contribution in [0.2, 0.25) is 0 Å². The fraction of sp³-hybridized carbons (Fsp3) is 0.500. The van der Waals surface area contributed by atoms with E-state index in [1.165, 1.54) is 9.87 Å². The molecule has 1 aliphatic heterocycles. The molecule has 0 spiro atoms. The maximum absolute atomic E-state index is 13.0. The Balaban J connectivity index is 1.81. The quantitative estimate of drug-likeness (QED) is 0.784. The summed E-state index contributed by atoms with van der Waals surface area (Å²) in [5, 5.41) is 0. The number of ether oxygens (including phenoxy) is 1. The van der Waals surface area contributed by atoms with Crippen LogP contribution in [0, 0.1) is 5.92 Å². The molecule has 1 aromatic carbocycles. The van der Waals surface area contributed by atoms with Crippen molar-refractivity contribution in [3.63, 3.8) is 0 Å². The molecule has 0 saturated carbocycles. The van der Waals surface area contributed by atoms with Crippen LogP contribution in [-0.2, 0) is 26.0 Å². The van der Waals surface area contributed by atoms with Crippen LogP contribution < -0.4 is 0 Å². The Kier molecular flexibility index (Phi) is 5.06. The largest absolute Gasteiger partial charge is 0.466 e. The summed E-state index contributed by atoms with van der Waals surface area (Å²) >= 11 is 0. The summed E-state index contributed by atoms with van der Waals surface area (Å²) in [7, 11) is -3.52. The first-order chi connectivity index (χ1) is 11.5. The number of sulfonamides is 1. The van der Waals surface area contributed by atoms with E-state index in [2.05, 4.69) is 0 Å². The minimum atomic E-state index is -3.52. The number of piperidine rings is 1. The number of rotatable bonds is 4. The molecule has 5 nitrogen and oxygen atoms in total. The third kappa shape index (κ3) is 3.39. The molecule has 0 aromatic heterocycles. The van der Waals surface area contributed by atoms with Crippen molar-refractivity contribution in [3.8, 4) is 0 Å². The van der Waals surface area contributed by atoms with E-state index in [-0.39, 0.29) is 18.4 Å². The summed E-state index contributed by atoms with van der Waals surface area (Å²) in [6, 6.07) is 7.87. The molecule has 24 heavy (non-hydrogen) atoms. The SMILES string of the molecule is CCOC(=O)[C@H]1CCCN(S(=O)(=O)C2=Cc3ccccc3CC2)C1. The second kappa shape index (κ2) is 7.07. The van der Waals surface area contributed by atoms with Crippen LogP contribution in [0.15, 0.2) is 29.2 Å². The molecule has 1 fully saturated rings. The standard InChI is InChI=1S/C18H23NO4S/c1-2-23-18(20)16-8-5-11-19(13-16)24(21,22)17-10-9-14-6-3-4-7-15(14)12-17/h3-4,6-7,12,16H,2,5,8-11,13H2,1H3/t16-/m0/s1. The molecule has 0 amide bonds. The van der Waals surface area contributed by atoms with E-state index >= 15 is 0 Å². The fourth-order valence-electron chi connectivity index (χ4n) is 3.39. The average molecular weight is 349 g/mol. The van der Waals surface area contributed by atoms with Gasteiger partial charge in [0.2, 0.25) is 10.0 Å². The zero-order valence-electron chi connectivity index (χ0n) is 13.9. The number of hydrogen-bond acceptors (Lipinski definition) is 4. The van der Waals surface area contributed by atoms with Gasteiger partial charge in [0.25, 0.3) is 0 Å². The maximum Gasteiger partial charge on any atom is 0.310 e. The molecular weight excluding hydrogens is 326 g/mol. The Bertz CT molecular complexity index is 754. The Morgan fingerprint density at radius 3 is 2.88 bits per heavy atom. The summed E-state index contributed by atoms with van der Waals surface area (Å²) in [6.45, 7) is 2.78. The van der Waals surface area contributed by atoms with Gasteiger partial charge in [0.15, 0.2) is 0 Å². The van der Waals surface area contributed by atoms with Gasteiger partial charge in [-0.2, -0.15) is 4.31 Å². The molecule has 0 bridgehead atoms. The fourth-order valence-corrected chi connectivity index (χ4v) is 5.10. The lowest BCUT2D eigenvalue weighted by atomic mass is 9.98. The van der Waals surface area contributed by atoms with Crippen LogP contribution in [-0.4, -0.2) is 38.4 Å². The van der Waals surface area contributed by atoms with Gasteiger partial charge in [-0.15, -0.1) is 0 Å². The number of carbonyl (C=O) groups is 1. The highest BCUT2D eigenvalue weighted by atomic mass is 32.2. The first-order valence-electron chi connectivity index (χ1n) is 8.47. The van der Waals surface area contributed by atoms with Crippen LogP contribution in [0.25, 0.3) is 6.08 Å². The van der Waals surface area contributed by atoms with E-state index in [9.17, 15) is 13.2 Å². The number of esters is 1. The highest BCUT2D eigenvalue weighted by molar-refractivity contribution is 7.93. The number of nitrogens with zero attached hydrogens (tertiary/aromatic N) is 1. The van der Waals surface area contributed by atoms with Gasteiger partial charge in [0.1, 0.15) is 0 Å². The normalized spacial score (nSPS) is 21.7. The third-order valence-electron chi connectivity index (χ3n) is 4.69. The number of carbonyl (C=O) groups excluding carboxylic acids is 1. The number of benzene rings is 1. The Hall–Kier alpha value is -1.66. The minimum absolute atomic E-state index is 0.222. The molecule has 130 valence electrons. The van der Waals surface area contributed by atoms with E-state index < -0.39 is 10.0 Å². The van der Waals surface area contributed by atoms with Crippen molar-refractivity contribution in [2.24, 2.45) is 5.92 Å². The monoisotopic (exact) mass is 349 g/mol. The molecule has 3 rings (SSSR count). The summed E-state index contributed by atoms with van der Waals surface area (Å²) in [5.74, 6) is -0.648. The van der Waals surface area contributed by atoms with Crippen LogP contribution in [0.4, 0.5) is 0 Å². The Morgan fingerprint density at radius 2 is 2.08 bits per heavy atom. The molecule has 0 N–H and O–H groups in total. The Morgan fingerprint density at radius 1 is 1.29 bits per heavy atom. The molecule has 1 aliphatic carbocycles. The van der Waals surface area contributed by atoms with Gasteiger partial charge in [-0.3, -0.25) is 4.79 Å². The lowest BCUT2D eigenvalue weighted by Crippen LogP contribution is -2.43. The van der Waals surface area contributed by atoms with Gasteiger partial charge in [-0.25, -0.2) is 8.42 Å². The van der Waals surface area contributed by atoms with Gasteiger partial charge < -0.3 is 4.74 Å². The van der Waals surface area contributed by atoms with Gasteiger partial charge in [0, 0.05) is 13.1 Å². The van der Waals surface area contributed by atoms with E-state index in [4.69, 9.17) is 4.74 Å². The molecule has 1 heterocycles. The van der Waals surface area contributed by atoms with Crippen molar-refractivity contribution >= 4 is 22.1 Å². The summed E-state index contributed by atoms with van der Waals surface area (Å²) in [6.07, 6.45) is 4.40. The van der Waals surface area contributed by atoms with Gasteiger partial charge >= 0.3 is 5.97 Å². The summed E-state index contributed by atoms with van der Waals surface area (Å²) in [5.41, 5.74) is 2.15. The highest BCUT2D eigenvalue weighted by Gasteiger charge is 2.35. The molecule has 0 radical (unpaired) electrons. The molecular formula is C18H23NO4S. The Labute approximate surface area is 143 Å². The predicted molar refractivity (Wildman–Crippen MR) is 92.6 cm³/mol. The van der Waals surface area contributed by atoms with E-state index in [0.717, 1.165) is 12.0 Å². The molecule has 1 atom stereocenters. The van der Waals surface area contributed by atoms with Crippen molar-refractivity contribution in [2.45, 2.75) is 32.6 Å². The number of aryl methyl sites for hydroxylation is 1. The molecule has 1 aromatic rings.